The van der Waals surface area contributed by atoms with Crippen LogP contribution in [0, 0.1) is 18.3 Å². The van der Waals surface area contributed by atoms with Crippen molar-refractivity contribution >= 4 is 5.84 Å². The van der Waals surface area contributed by atoms with E-state index >= 15 is 0 Å². The molecule has 1 rings (SSSR count). The third-order valence-electron chi connectivity index (χ3n) is 3.05. The average Bonchev–Trinajstić information content (AvgIpc) is 2.26. The zero-order valence-electron chi connectivity index (χ0n) is 11.7. The lowest BCUT2D eigenvalue weighted by molar-refractivity contribution is -0.162. The van der Waals surface area contributed by atoms with Crippen LogP contribution in [-0.4, -0.2) is 18.6 Å². The molecule has 0 aromatic heterocycles. The second-order valence-corrected chi connectivity index (χ2v) is 5.03. The van der Waals surface area contributed by atoms with E-state index in [1.807, 2.05) is 26.8 Å². The molecular formula is C14H19F3N2O. The first-order chi connectivity index (χ1) is 9.12. The molecule has 3 nitrogen and oxygen atoms in total. The molecule has 112 valence electrons. The molecule has 0 spiro atoms. The zero-order valence-corrected chi connectivity index (χ0v) is 11.7. The first kappa shape index (κ1) is 16.3. The highest BCUT2D eigenvalue weighted by atomic mass is 19.4. The van der Waals surface area contributed by atoms with E-state index in [-0.39, 0.29) is 0 Å². The van der Waals surface area contributed by atoms with Crippen molar-refractivity contribution in [3.8, 4) is 5.75 Å². The van der Waals surface area contributed by atoms with Gasteiger partial charge in [-0.15, -0.1) is 0 Å². The molecule has 1 aromatic rings. The molecule has 0 bridgehead atoms. The Morgan fingerprint density at radius 2 is 1.95 bits per heavy atom. The molecular weight excluding hydrogens is 269 g/mol. The molecule has 20 heavy (non-hydrogen) atoms. The molecule has 0 fully saturated rings. The predicted molar refractivity (Wildman–Crippen MR) is 72.2 cm³/mol. The van der Waals surface area contributed by atoms with Crippen molar-refractivity contribution in [1.29, 1.82) is 5.41 Å². The van der Waals surface area contributed by atoms with E-state index in [0.717, 1.165) is 11.1 Å². The maximum Gasteiger partial charge on any atom is 0.401 e. The number of ether oxygens (including phenoxy) is 1. The van der Waals surface area contributed by atoms with Crippen LogP contribution in [-0.2, 0) is 0 Å². The molecule has 0 radical (unpaired) electrons. The summed E-state index contributed by atoms with van der Waals surface area (Å²) in [5.41, 5.74) is 7.05. The number of amidine groups is 1. The van der Waals surface area contributed by atoms with E-state index < -0.39 is 24.5 Å². The third-order valence-corrected chi connectivity index (χ3v) is 3.05. The van der Waals surface area contributed by atoms with Crippen LogP contribution in [0.25, 0.3) is 0 Å². The maximum absolute atomic E-state index is 12.6. The van der Waals surface area contributed by atoms with Gasteiger partial charge in [0.1, 0.15) is 24.1 Å². The van der Waals surface area contributed by atoms with Crippen molar-refractivity contribution in [2.24, 2.45) is 11.7 Å². The van der Waals surface area contributed by atoms with Gasteiger partial charge in [-0.3, -0.25) is 5.41 Å². The Morgan fingerprint density at radius 3 is 2.35 bits per heavy atom. The fraction of sp³-hybridized carbons (Fsp3) is 0.500. The summed E-state index contributed by atoms with van der Waals surface area (Å²) in [6, 6.07) is 5.17. The van der Waals surface area contributed by atoms with E-state index in [1.54, 1.807) is 12.1 Å². The largest absolute Gasteiger partial charge is 0.492 e. The number of halogens is 3. The normalized spacial score (nSPS) is 13.3. The van der Waals surface area contributed by atoms with Crippen molar-refractivity contribution in [3.05, 3.63) is 29.3 Å². The van der Waals surface area contributed by atoms with Gasteiger partial charge < -0.3 is 10.5 Å². The van der Waals surface area contributed by atoms with Crippen molar-refractivity contribution in [1.82, 2.24) is 0 Å². The molecule has 0 aliphatic carbocycles. The Bertz CT molecular complexity index is 484. The van der Waals surface area contributed by atoms with Crippen LogP contribution in [0.4, 0.5) is 13.2 Å². The highest BCUT2D eigenvalue weighted by Crippen LogP contribution is 2.28. The summed E-state index contributed by atoms with van der Waals surface area (Å²) >= 11 is 0. The summed E-state index contributed by atoms with van der Waals surface area (Å²) in [5.74, 6) is -2.33. The van der Waals surface area contributed by atoms with Crippen LogP contribution in [0.2, 0.25) is 0 Å². The summed E-state index contributed by atoms with van der Waals surface area (Å²) in [4.78, 5) is 0. The van der Waals surface area contributed by atoms with Gasteiger partial charge >= 0.3 is 6.18 Å². The van der Waals surface area contributed by atoms with Crippen LogP contribution in [0.5, 0.6) is 5.75 Å². The van der Waals surface area contributed by atoms with Crippen LogP contribution in [0.3, 0.4) is 0 Å². The van der Waals surface area contributed by atoms with Crippen molar-refractivity contribution in [2.45, 2.75) is 32.9 Å². The summed E-state index contributed by atoms with van der Waals surface area (Å²) in [5, 5.41) is 6.98. The first-order valence-corrected chi connectivity index (χ1v) is 6.27. The highest BCUT2D eigenvalue weighted by molar-refractivity contribution is 5.80. The molecule has 0 aliphatic heterocycles. The van der Waals surface area contributed by atoms with Gasteiger partial charge in [-0.2, -0.15) is 13.2 Å². The lowest BCUT2D eigenvalue weighted by Crippen LogP contribution is -2.39. The minimum atomic E-state index is -4.57. The average molecular weight is 288 g/mol. The van der Waals surface area contributed by atoms with Crippen LogP contribution in [0.15, 0.2) is 18.2 Å². The van der Waals surface area contributed by atoms with Gasteiger partial charge in [0, 0.05) is 0 Å². The molecule has 0 aliphatic rings. The van der Waals surface area contributed by atoms with E-state index in [9.17, 15) is 13.2 Å². The molecule has 0 saturated carbocycles. The van der Waals surface area contributed by atoms with Crippen molar-refractivity contribution in [3.63, 3.8) is 0 Å². The fourth-order valence-corrected chi connectivity index (χ4v) is 1.93. The smallest absolute Gasteiger partial charge is 0.401 e. The number of alkyl halides is 3. The molecule has 6 heteroatoms. The Labute approximate surface area is 116 Å². The number of nitrogens with one attached hydrogen (secondary N) is 1. The molecule has 1 atom stereocenters. The van der Waals surface area contributed by atoms with Crippen molar-refractivity contribution in [2.75, 3.05) is 6.61 Å². The Balaban J connectivity index is 2.79. The van der Waals surface area contributed by atoms with E-state index in [1.165, 1.54) is 0 Å². The second kappa shape index (κ2) is 6.15. The van der Waals surface area contributed by atoms with Gasteiger partial charge in [-0.1, -0.05) is 19.9 Å². The van der Waals surface area contributed by atoms with Gasteiger partial charge in [0.15, 0.2) is 0 Å². The third kappa shape index (κ3) is 4.15. The summed E-state index contributed by atoms with van der Waals surface area (Å²) < 4.78 is 43.0. The van der Waals surface area contributed by atoms with Gasteiger partial charge in [0.2, 0.25) is 0 Å². The number of benzene rings is 1. The van der Waals surface area contributed by atoms with E-state index in [4.69, 9.17) is 15.9 Å². The minimum absolute atomic E-state index is 0.337. The lowest BCUT2D eigenvalue weighted by atomic mass is 9.98. The topological polar surface area (TPSA) is 59.1 Å². The van der Waals surface area contributed by atoms with Crippen LogP contribution < -0.4 is 10.5 Å². The molecule has 0 heterocycles. The Kier molecular flexibility index (Phi) is 5.03. The minimum Gasteiger partial charge on any atom is -0.492 e. The molecule has 1 unspecified atom stereocenters. The number of hydrogen-bond acceptors (Lipinski definition) is 2. The molecule has 0 saturated heterocycles. The summed E-state index contributed by atoms with van der Waals surface area (Å²) in [6.45, 7) is 5.28. The Hall–Kier alpha value is -1.72. The van der Waals surface area contributed by atoms with Gasteiger partial charge in [0.25, 0.3) is 0 Å². The zero-order chi connectivity index (χ0) is 15.5. The molecule has 1 aromatic carbocycles. The van der Waals surface area contributed by atoms with Crippen LogP contribution in [0.1, 0.15) is 30.9 Å². The van der Waals surface area contributed by atoms with Gasteiger partial charge in [-0.05, 0) is 36.1 Å². The Morgan fingerprint density at radius 1 is 1.35 bits per heavy atom. The first-order valence-electron chi connectivity index (χ1n) is 6.27. The summed E-state index contributed by atoms with van der Waals surface area (Å²) in [7, 11) is 0. The van der Waals surface area contributed by atoms with E-state index in [2.05, 4.69) is 0 Å². The lowest BCUT2D eigenvalue weighted by Gasteiger charge is -2.20. The standard InChI is InChI=1S/C14H19F3N2O/c1-8(2)11-5-4-10(6-9(11)3)20-7-12(13(18)19)14(15,16)17/h4-6,8,12H,7H2,1-3H3,(H3,18,19). The number of aryl methyl sites for hydroxylation is 1. The van der Waals surface area contributed by atoms with E-state index in [0.29, 0.717) is 11.7 Å². The maximum atomic E-state index is 12.6. The monoisotopic (exact) mass is 288 g/mol. The predicted octanol–water partition coefficient (Wildman–Crippen LogP) is 3.61. The van der Waals surface area contributed by atoms with Crippen molar-refractivity contribution < 1.29 is 17.9 Å². The quantitative estimate of drug-likeness (QED) is 0.642. The second-order valence-electron chi connectivity index (χ2n) is 5.03. The molecule has 3 N–H and O–H groups in total. The van der Waals surface area contributed by atoms with Gasteiger partial charge in [0.05, 0.1) is 0 Å². The number of hydrogen-bond donors (Lipinski definition) is 2. The number of rotatable bonds is 5. The van der Waals surface area contributed by atoms with Crippen LogP contribution >= 0.6 is 0 Å². The number of nitrogens with two attached hydrogens (primary N) is 1. The SMILES string of the molecule is Cc1cc(OCC(C(=N)N)C(F)(F)F)ccc1C(C)C. The van der Waals surface area contributed by atoms with Gasteiger partial charge in [-0.25, -0.2) is 0 Å². The fourth-order valence-electron chi connectivity index (χ4n) is 1.93. The molecule has 0 amide bonds. The summed E-state index contributed by atoms with van der Waals surface area (Å²) in [6.07, 6.45) is -4.57. The highest BCUT2D eigenvalue weighted by Gasteiger charge is 2.42.